The van der Waals surface area contributed by atoms with Gasteiger partial charge in [0.05, 0.1) is 4.92 Å². The molecule has 110 valence electrons. The number of nitro groups is 1. The van der Waals surface area contributed by atoms with E-state index in [-0.39, 0.29) is 10.6 Å². The lowest BCUT2D eigenvalue weighted by atomic mass is 10.2. The second kappa shape index (κ2) is 5.43. The van der Waals surface area contributed by atoms with Gasteiger partial charge in [-0.25, -0.2) is 4.98 Å². The van der Waals surface area contributed by atoms with Crippen LogP contribution >= 0.6 is 0 Å². The number of aromatic nitrogens is 2. The zero-order valence-electron chi connectivity index (χ0n) is 11.8. The zero-order chi connectivity index (χ0) is 14.8. The van der Waals surface area contributed by atoms with Gasteiger partial charge >= 0.3 is 0 Å². The highest BCUT2D eigenvalue weighted by molar-refractivity contribution is 5.63. The minimum Gasteiger partial charge on any atom is -0.362 e. The summed E-state index contributed by atoms with van der Waals surface area (Å²) in [5, 5.41) is 11.1. The standard InChI is InChI=1S/C14H17N5O2/c1-16-7-6-15-14(16)18-10-8-17(9-11-18)12-4-2-3-5-13(12)19(20)21/h2-7H,8-11H2,1H3. The van der Waals surface area contributed by atoms with Gasteiger partial charge in [0, 0.05) is 51.7 Å². The monoisotopic (exact) mass is 287 g/mol. The first kappa shape index (κ1) is 13.4. The van der Waals surface area contributed by atoms with Crippen LogP contribution in [0, 0.1) is 10.1 Å². The number of aryl methyl sites for hydroxylation is 1. The number of benzene rings is 1. The lowest BCUT2D eigenvalue weighted by Crippen LogP contribution is -2.47. The van der Waals surface area contributed by atoms with Crippen molar-refractivity contribution in [3.05, 3.63) is 46.8 Å². The lowest BCUT2D eigenvalue weighted by Gasteiger charge is -2.36. The highest BCUT2D eigenvalue weighted by atomic mass is 16.6. The summed E-state index contributed by atoms with van der Waals surface area (Å²) in [5.41, 5.74) is 0.866. The molecule has 0 aliphatic carbocycles. The molecular weight excluding hydrogens is 270 g/mol. The Morgan fingerprint density at radius 1 is 1.14 bits per heavy atom. The molecule has 0 unspecified atom stereocenters. The molecule has 1 saturated heterocycles. The van der Waals surface area contributed by atoms with Gasteiger partial charge in [-0.1, -0.05) is 12.1 Å². The normalized spacial score (nSPS) is 15.3. The topological polar surface area (TPSA) is 67.4 Å². The van der Waals surface area contributed by atoms with E-state index in [4.69, 9.17) is 0 Å². The first-order valence-electron chi connectivity index (χ1n) is 6.87. The summed E-state index contributed by atoms with van der Waals surface area (Å²) < 4.78 is 1.99. The maximum atomic E-state index is 11.1. The summed E-state index contributed by atoms with van der Waals surface area (Å²) in [6.45, 7) is 3.10. The highest BCUT2D eigenvalue weighted by Crippen LogP contribution is 2.28. The molecular formula is C14H17N5O2. The van der Waals surface area contributed by atoms with Crippen molar-refractivity contribution >= 4 is 17.3 Å². The molecule has 1 aromatic carbocycles. The van der Waals surface area contributed by atoms with Crippen molar-refractivity contribution in [1.82, 2.24) is 9.55 Å². The van der Waals surface area contributed by atoms with Crippen molar-refractivity contribution in [2.75, 3.05) is 36.0 Å². The van der Waals surface area contributed by atoms with Crippen LogP contribution in [0.15, 0.2) is 36.7 Å². The Kier molecular flexibility index (Phi) is 3.47. The number of para-hydroxylation sites is 2. The van der Waals surface area contributed by atoms with Crippen LogP contribution in [0.5, 0.6) is 0 Å². The smallest absolute Gasteiger partial charge is 0.292 e. The van der Waals surface area contributed by atoms with Crippen LogP contribution in [0.25, 0.3) is 0 Å². The van der Waals surface area contributed by atoms with Gasteiger partial charge in [-0.3, -0.25) is 10.1 Å². The van der Waals surface area contributed by atoms with Crippen molar-refractivity contribution in [1.29, 1.82) is 0 Å². The van der Waals surface area contributed by atoms with E-state index in [0.717, 1.165) is 32.1 Å². The summed E-state index contributed by atoms with van der Waals surface area (Å²) in [6.07, 6.45) is 3.70. The van der Waals surface area contributed by atoms with E-state index >= 15 is 0 Å². The third-order valence-corrected chi connectivity index (χ3v) is 3.78. The molecule has 2 aromatic rings. The average molecular weight is 287 g/mol. The van der Waals surface area contributed by atoms with Crippen LogP contribution in [-0.2, 0) is 7.05 Å². The molecule has 1 aliphatic heterocycles. The van der Waals surface area contributed by atoms with Gasteiger partial charge in [0.1, 0.15) is 5.69 Å². The van der Waals surface area contributed by atoms with Gasteiger partial charge in [-0.05, 0) is 6.07 Å². The predicted molar refractivity (Wildman–Crippen MR) is 80.7 cm³/mol. The predicted octanol–water partition coefficient (Wildman–Crippen LogP) is 1.65. The fourth-order valence-electron chi connectivity index (χ4n) is 2.70. The van der Waals surface area contributed by atoms with E-state index in [1.54, 1.807) is 18.3 Å². The number of anilines is 2. The third-order valence-electron chi connectivity index (χ3n) is 3.78. The van der Waals surface area contributed by atoms with Gasteiger partial charge in [0.25, 0.3) is 5.69 Å². The number of hydrogen-bond donors (Lipinski definition) is 0. The number of nitro benzene ring substituents is 1. The number of rotatable bonds is 3. The van der Waals surface area contributed by atoms with Gasteiger partial charge in [0.15, 0.2) is 0 Å². The minimum absolute atomic E-state index is 0.169. The van der Waals surface area contributed by atoms with Gasteiger partial charge < -0.3 is 14.4 Å². The molecule has 3 rings (SSSR count). The second-order valence-electron chi connectivity index (χ2n) is 5.06. The molecule has 0 radical (unpaired) electrons. The Labute approximate surface area is 122 Å². The molecule has 1 aromatic heterocycles. The molecule has 2 heterocycles. The van der Waals surface area contributed by atoms with Crippen LogP contribution in [0.4, 0.5) is 17.3 Å². The van der Waals surface area contributed by atoms with Crippen molar-refractivity contribution in [2.45, 2.75) is 0 Å². The van der Waals surface area contributed by atoms with E-state index in [9.17, 15) is 10.1 Å². The maximum absolute atomic E-state index is 11.1. The van der Waals surface area contributed by atoms with Gasteiger partial charge in [0.2, 0.25) is 5.95 Å². The van der Waals surface area contributed by atoms with E-state index in [1.165, 1.54) is 0 Å². The molecule has 0 N–H and O–H groups in total. The molecule has 0 bridgehead atoms. The van der Waals surface area contributed by atoms with Crippen LogP contribution in [0.3, 0.4) is 0 Å². The summed E-state index contributed by atoms with van der Waals surface area (Å²) in [4.78, 5) is 19.4. The maximum Gasteiger partial charge on any atom is 0.292 e. The Balaban J connectivity index is 1.75. The average Bonchev–Trinajstić information content (AvgIpc) is 2.93. The van der Waals surface area contributed by atoms with Gasteiger partial charge in [-0.15, -0.1) is 0 Å². The fourth-order valence-corrected chi connectivity index (χ4v) is 2.70. The van der Waals surface area contributed by atoms with Crippen LogP contribution < -0.4 is 9.80 Å². The van der Waals surface area contributed by atoms with E-state index in [0.29, 0.717) is 5.69 Å². The lowest BCUT2D eigenvalue weighted by molar-refractivity contribution is -0.384. The van der Waals surface area contributed by atoms with Crippen LogP contribution in [0.2, 0.25) is 0 Å². The van der Waals surface area contributed by atoms with Crippen LogP contribution in [-0.4, -0.2) is 40.7 Å². The molecule has 0 atom stereocenters. The molecule has 7 nitrogen and oxygen atoms in total. The Morgan fingerprint density at radius 2 is 1.81 bits per heavy atom. The van der Waals surface area contributed by atoms with E-state index in [1.807, 2.05) is 29.9 Å². The molecule has 1 aliphatic rings. The number of nitrogens with zero attached hydrogens (tertiary/aromatic N) is 5. The quantitative estimate of drug-likeness (QED) is 0.634. The van der Waals surface area contributed by atoms with Crippen molar-refractivity contribution in [2.24, 2.45) is 7.05 Å². The number of imidazole rings is 1. The van der Waals surface area contributed by atoms with Gasteiger partial charge in [-0.2, -0.15) is 0 Å². The number of piperazine rings is 1. The third kappa shape index (κ3) is 2.54. The summed E-state index contributed by atoms with van der Waals surface area (Å²) in [7, 11) is 1.97. The molecule has 21 heavy (non-hydrogen) atoms. The van der Waals surface area contributed by atoms with Crippen molar-refractivity contribution < 1.29 is 4.92 Å². The van der Waals surface area contributed by atoms with Crippen molar-refractivity contribution in [3.63, 3.8) is 0 Å². The molecule has 0 saturated carbocycles. The first-order chi connectivity index (χ1) is 10.2. The molecule has 7 heteroatoms. The highest BCUT2D eigenvalue weighted by Gasteiger charge is 2.24. The second-order valence-corrected chi connectivity index (χ2v) is 5.06. The minimum atomic E-state index is -0.319. The fraction of sp³-hybridized carbons (Fsp3) is 0.357. The Bertz CT molecular complexity index is 646. The first-order valence-corrected chi connectivity index (χ1v) is 6.87. The Hall–Kier alpha value is -2.57. The van der Waals surface area contributed by atoms with E-state index < -0.39 is 0 Å². The zero-order valence-corrected chi connectivity index (χ0v) is 11.8. The molecule has 1 fully saturated rings. The largest absolute Gasteiger partial charge is 0.362 e. The molecule has 0 amide bonds. The summed E-state index contributed by atoms with van der Waals surface area (Å²) in [5.74, 6) is 0.942. The van der Waals surface area contributed by atoms with E-state index in [2.05, 4.69) is 14.8 Å². The summed E-state index contributed by atoms with van der Waals surface area (Å²) >= 11 is 0. The SMILES string of the molecule is Cn1ccnc1N1CCN(c2ccccc2[N+](=O)[O-])CC1. The number of hydrogen-bond acceptors (Lipinski definition) is 5. The van der Waals surface area contributed by atoms with Crippen molar-refractivity contribution in [3.8, 4) is 0 Å². The van der Waals surface area contributed by atoms with Crippen LogP contribution in [0.1, 0.15) is 0 Å². The molecule has 0 spiro atoms. The Morgan fingerprint density at radius 3 is 2.43 bits per heavy atom. The summed E-state index contributed by atoms with van der Waals surface area (Å²) in [6, 6.07) is 6.91.